The van der Waals surface area contributed by atoms with Crippen LogP contribution in [-0.2, 0) is 6.42 Å². The van der Waals surface area contributed by atoms with E-state index in [1.165, 1.54) is 22.3 Å². The van der Waals surface area contributed by atoms with Gasteiger partial charge in [-0.05, 0) is 62.5 Å². The zero-order valence-corrected chi connectivity index (χ0v) is 12.9. The first kappa shape index (κ1) is 14.7. The van der Waals surface area contributed by atoms with E-state index in [-0.39, 0.29) is 0 Å². The number of hydrogen-bond acceptors (Lipinski definition) is 2. The van der Waals surface area contributed by atoms with Crippen molar-refractivity contribution < 1.29 is 0 Å². The van der Waals surface area contributed by atoms with Gasteiger partial charge in [0.05, 0.1) is 5.71 Å². The van der Waals surface area contributed by atoms with Gasteiger partial charge >= 0.3 is 0 Å². The maximum absolute atomic E-state index is 5.16. The van der Waals surface area contributed by atoms with Crippen molar-refractivity contribution in [3.8, 4) is 0 Å². The van der Waals surface area contributed by atoms with Crippen LogP contribution in [0.5, 0.6) is 0 Å². The second kappa shape index (κ2) is 6.66. The molecule has 1 aliphatic carbocycles. The standard InChI is InChI=1S/C16H21N3S/c1-4-8-17-16(20)19-18-15-7-5-6-13-12(3)9-11(2)10-14(13)15/h4,9-10H,1,5-8H2,2-3H3,(H2,17,19,20)/b18-15-. The van der Waals surface area contributed by atoms with E-state index in [4.69, 9.17) is 12.2 Å². The molecule has 0 atom stereocenters. The second-order valence-electron chi connectivity index (χ2n) is 5.13. The summed E-state index contributed by atoms with van der Waals surface area (Å²) in [5, 5.41) is 8.04. The molecule has 0 fully saturated rings. The van der Waals surface area contributed by atoms with E-state index in [0.29, 0.717) is 11.7 Å². The highest BCUT2D eigenvalue weighted by atomic mass is 32.1. The molecule has 0 unspecified atom stereocenters. The summed E-state index contributed by atoms with van der Waals surface area (Å²) < 4.78 is 0. The molecule has 0 saturated heterocycles. The van der Waals surface area contributed by atoms with Crippen LogP contribution in [0.25, 0.3) is 0 Å². The molecule has 1 aromatic rings. The molecule has 2 N–H and O–H groups in total. The molecule has 4 heteroatoms. The van der Waals surface area contributed by atoms with Gasteiger partial charge in [-0.25, -0.2) is 0 Å². The van der Waals surface area contributed by atoms with E-state index in [2.05, 4.69) is 48.4 Å². The van der Waals surface area contributed by atoms with Crippen LogP contribution in [0, 0.1) is 13.8 Å². The molecule has 0 aromatic heterocycles. The van der Waals surface area contributed by atoms with E-state index in [1.807, 2.05) is 0 Å². The maximum Gasteiger partial charge on any atom is 0.187 e. The zero-order chi connectivity index (χ0) is 14.5. The molecule has 106 valence electrons. The fraction of sp³-hybridized carbons (Fsp3) is 0.375. The average molecular weight is 287 g/mol. The largest absolute Gasteiger partial charge is 0.358 e. The number of aryl methyl sites for hydroxylation is 2. The van der Waals surface area contributed by atoms with Gasteiger partial charge in [-0.2, -0.15) is 5.10 Å². The van der Waals surface area contributed by atoms with Crippen LogP contribution in [-0.4, -0.2) is 17.4 Å². The Hall–Kier alpha value is -1.68. The topological polar surface area (TPSA) is 36.4 Å². The monoisotopic (exact) mass is 287 g/mol. The number of benzene rings is 1. The number of nitrogens with zero attached hydrogens (tertiary/aromatic N) is 1. The Labute approximate surface area is 126 Å². The fourth-order valence-corrected chi connectivity index (χ4v) is 2.72. The van der Waals surface area contributed by atoms with Gasteiger partial charge in [0, 0.05) is 12.1 Å². The van der Waals surface area contributed by atoms with Crippen LogP contribution in [0.3, 0.4) is 0 Å². The summed E-state index contributed by atoms with van der Waals surface area (Å²) in [6, 6.07) is 4.47. The number of nitrogens with one attached hydrogen (secondary N) is 2. The summed E-state index contributed by atoms with van der Waals surface area (Å²) in [6.07, 6.45) is 5.04. The SMILES string of the molecule is C=CCNC(=S)N/N=C1/CCCc2c(C)cc(C)cc21. The van der Waals surface area contributed by atoms with Gasteiger partial charge < -0.3 is 5.32 Å². The highest BCUT2D eigenvalue weighted by molar-refractivity contribution is 7.80. The number of thiocarbonyl (C=S) groups is 1. The fourth-order valence-electron chi connectivity index (χ4n) is 2.59. The zero-order valence-electron chi connectivity index (χ0n) is 12.1. The molecule has 20 heavy (non-hydrogen) atoms. The van der Waals surface area contributed by atoms with Gasteiger partial charge in [-0.1, -0.05) is 17.7 Å². The van der Waals surface area contributed by atoms with E-state index in [0.717, 1.165) is 25.0 Å². The summed E-state index contributed by atoms with van der Waals surface area (Å²) in [7, 11) is 0. The minimum Gasteiger partial charge on any atom is -0.358 e. The first-order valence-corrected chi connectivity index (χ1v) is 7.34. The lowest BCUT2D eigenvalue weighted by Crippen LogP contribution is -2.33. The Morgan fingerprint density at radius 3 is 2.95 bits per heavy atom. The molecule has 0 heterocycles. The highest BCUT2D eigenvalue weighted by Crippen LogP contribution is 2.26. The van der Waals surface area contributed by atoms with Crippen molar-refractivity contribution in [3.63, 3.8) is 0 Å². The van der Waals surface area contributed by atoms with Gasteiger partial charge in [0.2, 0.25) is 0 Å². The van der Waals surface area contributed by atoms with E-state index < -0.39 is 0 Å². The number of hydrazone groups is 1. The lowest BCUT2D eigenvalue weighted by atomic mass is 9.86. The molecule has 1 aromatic carbocycles. The summed E-state index contributed by atoms with van der Waals surface area (Å²) in [6.45, 7) is 8.60. The van der Waals surface area contributed by atoms with Crippen LogP contribution in [0.15, 0.2) is 29.9 Å². The third kappa shape index (κ3) is 3.45. The molecule has 0 spiro atoms. The summed E-state index contributed by atoms with van der Waals surface area (Å²) in [4.78, 5) is 0. The van der Waals surface area contributed by atoms with Crippen molar-refractivity contribution in [2.75, 3.05) is 6.54 Å². The molecule has 0 aliphatic heterocycles. The van der Waals surface area contributed by atoms with Crippen LogP contribution >= 0.6 is 12.2 Å². The van der Waals surface area contributed by atoms with Crippen molar-refractivity contribution in [2.24, 2.45) is 5.10 Å². The van der Waals surface area contributed by atoms with Crippen LogP contribution in [0.4, 0.5) is 0 Å². The van der Waals surface area contributed by atoms with Crippen molar-refractivity contribution in [3.05, 3.63) is 47.0 Å². The molecule has 1 aliphatic rings. The predicted octanol–water partition coefficient (Wildman–Crippen LogP) is 2.99. The lowest BCUT2D eigenvalue weighted by Gasteiger charge is -2.21. The lowest BCUT2D eigenvalue weighted by molar-refractivity contribution is 0.818. The van der Waals surface area contributed by atoms with Crippen molar-refractivity contribution in [1.82, 2.24) is 10.7 Å². The molecule has 0 bridgehead atoms. The van der Waals surface area contributed by atoms with Crippen molar-refractivity contribution in [1.29, 1.82) is 0 Å². The molecule has 0 saturated carbocycles. The number of fused-ring (bicyclic) bond motifs is 1. The van der Waals surface area contributed by atoms with Gasteiger partial charge in [0.1, 0.15) is 0 Å². The van der Waals surface area contributed by atoms with Crippen molar-refractivity contribution >= 4 is 23.0 Å². The van der Waals surface area contributed by atoms with Gasteiger partial charge in [-0.3, -0.25) is 5.43 Å². The smallest absolute Gasteiger partial charge is 0.187 e. The summed E-state index contributed by atoms with van der Waals surface area (Å²) in [5.74, 6) is 0. The molecule has 3 nitrogen and oxygen atoms in total. The van der Waals surface area contributed by atoms with Crippen LogP contribution < -0.4 is 10.7 Å². The Balaban J connectivity index is 2.19. The Bertz CT molecular complexity index is 561. The van der Waals surface area contributed by atoms with Crippen molar-refractivity contribution in [2.45, 2.75) is 33.1 Å². The number of rotatable bonds is 3. The van der Waals surface area contributed by atoms with Gasteiger partial charge in [-0.15, -0.1) is 6.58 Å². The second-order valence-corrected chi connectivity index (χ2v) is 5.54. The molecule has 0 radical (unpaired) electrons. The number of hydrogen-bond donors (Lipinski definition) is 2. The van der Waals surface area contributed by atoms with Gasteiger partial charge in [0.15, 0.2) is 5.11 Å². The van der Waals surface area contributed by atoms with E-state index >= 15 is 0 Å². The summed E-state index contributed by atoms with van der Waals surface area (Å²) in [5.41, 5.74) is 9.36. The summed E-state index contributed by atoms with van der Waals surface area (Å²) >= 11 is 5.16. The minimum atomic E-state index is 0.536. The molecular formula is C16H21N3S. The first-order chi connectivity index (χ1) is 9.61. The quantitative estimate of drug-likeness (QED) is 0.510. The Morgan fingerprint density at radius 1 is 1.40 bits per heavy atom. The normalized spacial score (nSPS) is 15.6. The first-order valence-electron chi connectivity index (χ1n) is 6.93. The van der Waals surface area contributed by atoms with E-state index in [1.54, 1.807) is 6.08 Å². The van der Waals surface area contributed by atoms with E-state index in [9.17, 15) is 0 Å². The van der Waals surface area contributed by atoms with Gasteiger partial charge in [0.25, 0.3) is 0 Å². The Morgan fingerprint density at radius 2 is 2.20 bits per heavy atom. The highest BCUT2D eigenvalue weighted by Gasteiger charge is 2.17. The average Bonchev–Trinajstić information content (AvgIpc) is 2.43. The van der Waals surface area contributed by atoms with Crippen LogP contribution in [0.1, 0.15) is 35.1 Å². The molecule has 0 amide bonds. The maximum atomic E-state index is 5.16. The molecular weight excluding hydrogens is 266 g/mol. The molecule has 2 rings (SSSR count). The Kier molecular flexibility index (Phi) is 4.90. The minimum absolute atomic E-state index is 0.536. The predicted molar refractivity (Wildman–Crippen MR) is 89.3 cm³/mol. The third-order valence-electron chi connectivity index (χ3n) is 3.47. The third-order valence-corrected chi connectivity index (χ3v) is 3.70. The van der Waals surface area contributed by atoms with Crippen LogP contribution in [0.2, 0.25) is 0 Å².